The van der Waals surface area contributed by atoms with Gasteiger partial charge in [0.15, 0.2) is 0 Å². The number of carbonyl (C=O) groups is 1. The van der Waals surface area contributed by atoms with Crippen LogP contribution >= 0.6 is 0 Å². The third kappa shape index (κ3) is 3.02. The van der Waals surface area contributed by atoms with Crippen LogP contribution in [-0.2, 0) is 4.74 Å². The Morgan fingerprint density at radius 2 is 2.08 bits per heavy atom. The van der Waals surface area contributed by atoms with Crippen LogP contribution in [0.2, 0.25) is 0 Å². The molecule has 1 N–H and O–H groups in total. The van der Waals surface area contributed by atoms with Crippen molar-refractivity contribution in [2.45, 2.75) is 64.1 Å². The highest BCUT2D eigenvalue weighted by molar-refractivity contribution is 5.75. The molecule has 0 saturated heterocycles. The maximum atomic E-state index is 12.7. The van der Waals surface area contributed by atoms with Crippen LogP contribution in [-0.4, -0.2) is 41.7 Å². The summed E-state index contributed by atoms with van der Waals surface area (Å²) >= 11 is 0. The molecule has 2 aliphatic rings. The summed E-state index contributed by atoms with van der Waals surface area (Å²) in [6.07, 6.45) is 9.64. The molecule has 2 fully saturated rings. The molecule has 3 atom stereocenters. The van der Waals surface area contributed by atoms with Crippen LogP contribution < -0.4 is 5.32 Å². The lowest BCUT2D eigenvalue weighted by Gasteiger charge is -2.54. The Labute approximate surface area is 144 Å². The molecule has 1 spiro atoms. The maximum Gasteiger partial charge on any atom is 0.317 e. The summed E-state index contributed by atoms with van der Waals surface area (Å²) in [5, 5.41) is 3.28. The SMILES string of the molecule is CCO[C@@H]1C[C@H](NC(=O)N(C)[C@@H](C)c2ccncc2)C12CCCC2. The molecule has 0 radical (unpaired) electrons. The first-order valence-electron chi connectivity index (χ1n) is 9.13. The van der Waals surface area contributed by atoms with E-state index in [2.05, 4.69) is 17.2 Å². The fraction of sp³-hybridized carbons (Fsp3) is 0.684. The second-order valence-corrected chi connectivity index (χ2v) is 7.19. The molecule has 1 aromatic heterocycles. The van der Waals surface area contributed by atoms with Gasteiger partial charge in [-0.05, 0) is 50.8 Å². The molecule has 0 bridgehead atoms. The van der Waals surface area contributed by atoms with Crippen molar-refractivity contribution in [2.75, 3.05) is 13.7 Å². The van der Waals surface area contributed by atoms with Gasteiger partial charge in [0.1, 0.15) is 0 Å². The van der Waals surface area contributed by atoms with E-state index >= 15 is 0 Å². The van der Waals surface area contributed by atoms with Crippen molar-refractivity contribution >= 4 is 6.03 Å². The molecule has 5 heteroatoms. The molecule has 0 aromatic carbocycles. The third-order valence-corrected chi connectivity index (χ3v) is 6.07. The molecule has 3 rings (SSSR count). The normalized spacial score (nSPS) is 26.0. The first kappa shape index (κ1) is 17.2. The van der Waals surface area contributed by atoms with Crippen molar-refractivity contribution < 1.29 is 9.53 Å². The Balaban J connectivity index is 1.62. The van der Waals surface area contributed by atoms with Gasteiger partial charge in [0.25, 0.3) is 0 Å². The van der Waals surface area contributed by atoms with Crippen LogP contribution in [0, 0.1) is 5.41 Å². The van der Waals surface area contributed by atoms with Crippen LogP contribution in [0.5, 0.6) is 0 Å². The van der Waals surface area contributed by atoms with Crippen LogP contribution in [0.1, 0.15) is 57.6 Å². The minimum atomic E-state index is 0.00513. The largest absolute Gasteiger partial charge is 0.378 e. The molecule has 2 amide bonds. The first-order valence-corrected chi connectivity index (χ1v) is 9.13. The number of nitrogens with zero attached hydrogens (tertiary/aromatic N) is 2. The van der Waals surface area contributed by atoms with E-state index < -0.39 is 0 Å². The van der Waals surface area contributed by atoms with Crippen molar-refractivity contribution in [3.05, 3.63) is 30.1 Å². The van der Waals surface area contributed by atoms with E-state index in [1.54, 1.807) is 17.3 Å². The minimum Gasteiger partial charge on any atom is -0.378 e. The summed E-state index contributed by atoms with van der Waals surface area (Å²) in [4.78, 5) is 18.6. The number of nitrogens with one attached hydrogen (secondary N) is 1. The van der Waals surface area contributed by atoms with Gasteiger partial charge in [0.05, 0.1) is 12.1 Å². The molecule has 5 nitrogen and oxygen atoms in total. The Morgan fingerprint density at radius 1 is 1.42 bits per heavy atom. The molecule has 2 aliphatic carbocycles. The zero-order chi connectivity index (χ0) is 17.2. The lowest BCUT2D eigenvalue weighted by Crippen LogP contribution is -2.64. The number of rotatable bonds is 5. The Hall–Kier alpha value is -1.62. The van der Waals surface area contributed by atoms with Gasteiger partial charge in [-0.1, -0.05) is 12.8 Å². The van der Waals surface area contributed by atoms with Crippen LogP contribution in [0.15, 0.2) is 24.5 Å². The Morgan fingerprint density at radius 3 is 2.71 bits per heavy atom. The predicted molar refractivity (Wildman–Crippen MR) is 93.7 cm³/mol. The molecule has 132 valence electrons. The summed E-state index contributed by atoms with van der Waals surface area (Å²) in [5.41, 5.74) is 1.27. The van der Waals surface area contributed by atoms with Gasteiger partial charge in [-0.15, -0.1) is 0 Å². The molecule has 2 saturated carbocycles. The summed E-state index contributed by atoms with van der Waals surface area (Å²) in [5.74, 6) is 0. The van der Waals surface area contributed by atoms with Gasteiger partial charge < -0.3 is 15.0 Å². The van der Waals surface area contributed by atoms with E-state index in [9.17, 15) is 4.79 Å². The molecular weight excluding hydrogens is 302 g/mol. The van der Waals surface area contributed by atoms with Crippen LogP contribution in [0.3, 0.4) is 0 Å². The standard InChI is InChI=1S/C19H29N3O2/c1-4-24-17-13-16(19(17)9-5-6-10-19)21-18(23)22(3)14(2)15-7-11-20-12-8-15/h7-8,11-12,14,16-17H,4-6,9-10,13H2,1-3H3,(H,21,23)/t14-,16-,17+/m0/s1. The molecule has 0 unspecified atom stereocenters. The van der Waals surface area contributed by atoms with E-state index in [4.69, 9.17) is 4.74 Å². The molecular formula is C19H29N3O2. The van der Waals surface area contributed by atoms with Gasteiger partial charge in [-0.3, -0.25) is 4.98 Å². The highest BCUT2D eigenvalue weighted by Crippen LogP contribution is 2.54. The fourth-order valence-corrected chi connectivity index (χ4v) is 4.38. The number of aromatic nitrogens is 1. The van der Waals surface area contributed by atoms with Gasteiger partial charge >= 0.3 is 6.03 Å². The van der Waals surface area contributed by atoms with Crippen molar-refractivity contribution in [3.8, 4) is 0 Å². The quantitative estimate of drug-likeness (QED) is 0.898. The van der Waals surface area contributed by atoms with E-state index in [0.717, 1.165) is 18.6 Å². The van der Waals surface area contributed by atoms with Crippen LogP contribution in [0.4, 0.5) is 4.79 Å². The summed E-state index contributed by atoms with van der Waals surface area (Å²) in [7, 11) is 1.86. The smallest absolute Gasteiger partial charge is 0.317 e. The van der Waals surface area contributed by atoms with Crippen molar-refractivity contribution in [2.24, 2.45) is 5.41 Å². The van der Waals surface area contributed by atoms with Gasteiger partial charge in [0.2, 0.25) is 0 Å². The second kappa shape index (κ2) is 7.09. The van der Waals surface area contributed by atoms with Crippen LogP contribution in [0.25, 0.3) is 0 Å². The maximum absolute atomic E-state index is 12.7. The molecule has 0 aliphatic heterocycles. The molecule has 1 aromatic rings. The number of ether oxygens (including phenoxy) is 1. The summed E-state index contributed by atoms with van der Waals surface area (Å²) in [6, 6.07) is 4.19. The zero-order valence-electron chi connectivity index (χ0n) is 15.0. The Kier molecular flexibility index (Phi) is 5.09. The summed E-state index contributed by atoms with van der Waals surface area (Å²) < 4.78 is 5.93. The number of hydrogen-bond donors (Lipinski definition) is 1. The van der Waals surface area contributed by atoms with E-state index in [1.165, 1.54) is 25.7 Å². The van der Waals surface area contributed by atoms with Gasteiger partial charge in [-0.25, -0.2) is 4.79 Å². The predicted octanol–water partition coefficient (Wildman–Crippen LogP) is 3.52. The van der Waals surface area contributed by atoms with Crippen molar-refractivity contribution in [1.29, 1.82) is 0 Å². The first-order chi connectivity index (χ1) is 11.6. The monoisotopic (exact) mass is 331 g/mol. The number of carbonyl (C=O) groups excluding carboxylic acids is 1. The van der Waals surface area contributed by atoms with E-state index in [0.29, 0.717) is 6.10 Å². The topological polar surface area (TPSA) is 54.5 Å². The Bertz CT molecular complexity index is 557. The van der Waals surface area contributed by atoms with Crippen molar-refractivity contribution in [1.82, 2.24) is 15.2 Å². The lowest BCUT2D eigenvalue weighted by atomic mass is 9.60. The number of pyridine rings is 1. The minimum absolute atomic E-state index is 0.00513. The number of urea groups is 1. The molecule has 1 heterocycles. The van der Waals surface area contributed by atoms with Crippen molar-refractivity contribution in [3.63, 3.8) is 0 Å². The van der Waals surface area contributed by atoms with Gasteiger partial charge in [-0.2, -0.15) is 0 Å². The number of hydrogen-bond acceptors (Lipinski definition) is 3. The van der Waals surface area contributed by atoms with E-state index in [1.807, 2.05) is 26.1 Å². The average Bonchev–Trinajstić information content (AvgIpc) is 3.13. The second-order valence-electron chi connectivity index (χ2n) is 7.19. The highest BCUT2D eigenvalue weighted by Gasteiger charge is 2.57. The average molecular weight is 331 g/mol. The lowest BCUT2D eigenvalue weighted by molar-refractivity contribution is -0.127. The number of amides is 2. The summed E-state index contributed by atoms with van der Waals surface area (Å²) in [6.45, 7) is 4.86. The highest BCUT2D eigenvalue weighted by atomic mass is 16.5. The van der Waals surface area contributed by atoms with Gasteiger partial charge in [0, 0.05) is 37.5 Å². The zero-order valence-corrected chi connectivity index (χ0v) is 15.0. The fourth-order valence-electron chi connectivity index (χ4n) is 4.38. The molecule has 24 heavy (non-hydrogen) atoms. The van der Waals surface area contributed by atoms with E-state index in [-0.39, 0.29) is 23.5 Å². The third-order valence-electron chi connectivity index (χ3n) is 6.07.